The normalized spacial score (nSPS) is 10.7. The summed E-state index contributed by atoms with van der Waals surface area (Å²) in [5, 5.41) is 0.476. The Morgan fingerprint density at radius 3 is 1.93 bits per heavy atom. The molecule has 0 bridgehead atoms. The molecule has 1 aromatic carbocycles. The van der Waals surface area contributed by atoms with Crippen LogP contribution in [0.25, 0.3) is 0 Å². The fourth-order valence-corrected chi connectivity index (χ4v) is 1.31. The van der Waals surface area contributed by atoms with Crippen molar-refractivity contribution >= 4 is 30.2 Å². The molecular formula is C7H5BCl2F3KO. The van der Waals surface area contributed by atoms with Crippen LogP contribution in [0.5, 0.6) is 5.75 Å². The van der Waals surface area contributed by atoms with E-state index in [0.717, 1.165) is 0 Å². The van der Waals surface area contributed by atoms with Gasteiger partial charge in [-0.05, 0) is 18.2 Å². The summed E-state index contributed by atoms with van der Waals surface area (Å²) in [4.78, 5) is 0. The Hall–Kier alpha value is 1.09. The van der Waals surface area contributed by atoms with Crippen molar-refractivity contribution in [2.75, 3.05) is 6.51 Å². The van der Waals surface area contributed by atoms with E-state index in [-0.39, 0.29) is 67.2 Å². The summed E-state index contributed by atoms with van der Waals surface area (Å²) in [6.45, 7) is -6.25. The van der Waals surface area contributed by atoms with Crippen LogP contribution in [0.15, 0.2) is 18.2 Å². The largest absolute Gasteiger partial charge is 1.00 e. The molecule has 0 fully saturated rings. The van der Waals surface area contributed by atoms with E-state index in [2.05, 4.69) is 4.74 Å². The number of ether oxygens (including phenoxy) is 1. The number of hydrogen-bond donors (Lipinski definition) is 0. The minimum absolute atomic E-state index is 0. The standard InChI is InChI=1S/C7H5BCl2F3O.K/c9-5-1-6(10)3-7(2-5)14-4-8(11,12)13;/h1-3H,4H2;/q-1;+1. The number of halogens is 5. The zero-order valence-corrected chi connectivity index (χ0v) is 12.4. The van der Waals surface area contributed by atoms with E-state index >= 15 is 0 Å². The Labute approximate surface area is 138 Å². The third-order valence-corrected chi connectivity index (χ3v) is 1.71. The van der Waals surface area contributed by atoms with Crippen LogP contribution in [0.4, 0.5) is 12.9 Å². The van der Waals surface area contributed by atoms with Crippen molar-refractivity contribution in [2.24, 2.45) is 0 Å². The Morgan fingerprint density at radius 1 is 1.07 bits per heavy atom. The van der Waals surface area contributed by atoms with Gasteiger partial charge in [0.15, 0.2) is 0 Å². The molecule has 0 heterocycles. The van der Waals surface area contributed by atoms with Crippen LogP contribution < -0.4 is 56.1 Å². The molecule has 0 saturated heterocycles. The minimum atomic E-state index is -4.96. The zero-order valence-electron chi connectivity index (χ0n) is 7.81. The molecule has 78 valence electrons. The van der Waals surface area contributed by atoms with Crippen LogP contribution in [-0.2, 0) is 0 Å². The number of benzene rings is 1. The van der Waals surface area contributed by atoms with E-state index < -0.39 is 13.5 Å². The van der Waals surface area contributed by atoms with E-state index in [1.165, 1.54) is 18.2 Å². The van der Waals surface area contributed by atoms with Crippen LogP contribution in [-0.4, -0.2) is 13.5 Å². The van der Waals surface area contributed by atoms with E-state index in [1.54, 1.807) is 0 Å². The molecular weight excluding hydrogens is 278 g/mol. The third-order valence-electron chi connectivity index (χ3n) is 1.28. The molecule has 15 heavy (non-hydrogen) atoms. The van der Waals surface area contributed by atoms with Crippen molar-refractivity contribution in [1.82, 2.24) is 0 Å². The van der Waals surface area contributed by atoms with Gasteiger partial charge in [-0.1, -0.05) is 23.2 Å². The second-order valence-corrected chi connectivity index (χ2v) is 3.50. The van der Waals surface area contributed by atoms with E-state index in [9.17, 15) is 12.9 Å². The molecule has 0 atom stereocenters. The summed E-state index contributed by atoms with van der Waals surface area (Å²) < 4.78 is 39.9. The molecule has 1 aromatic rings. The Morgan fingerprint density at radius 2 is 1.53 bits per heavy atom. The summed E-state index contributed by atoms with van der Waals surface area (Å²) in [5.41, 5.74) is 0. The zero-order chi connectivity index (χ0) is 10.8. The maximum Gasteiger partial charge on any atom is 1.00 e. The molecule has 0 saturated carbocycles. The first kappa shape index (κ1) is 16.1. The van der Waals surface area contributed by atoms with Gasteiger partial charge in [0.05, 0.1) is 6.51 Å². The van der Waals surface area contributed by atoms with E-state index in [4.69, 9.17) is 23.2 Å². The molecule has 0 aliphatic carbocycles. The third kappa shape index (κ3) is 7.10. The smallest absolute Gasteiger partial charge is 0.522 e. The molecule has 0 aliphatic heterocycles. The van der Waals surface area contributed by atoms with E-state index in [0.29, 0.717) is 0 Å². The summed E-state index contributed by atoms with van der Waals surface area (Å²) in [5.74, 6) is 0.0155. The first-order valence-electron chi connectivity index (χ1n) is 3.67. The molecule has 1 rings (SSSR count). The predicted octanol–water partition coefficient (Wildman–Crippen LogP) is 0.763. The van der Waals surface area contributed by atoms with Crippen molar-refractivity contribution in [1.29, 1.82) is 0 Å². The van der Waals surface area contributed by atoms with Crippen LogP contribution in [0, 0.1) is 0 Å². The Balaban J connectivity index is 0.00000196. The van der Waals surface area contributed by atoms with Gasteiger partial charge in [-0.25, -0.2) is 0 Å². The van der Waals surface area contributed by atoms with Crippen LogP contribution in [0.3, 0.4) is 0 Å². The molecule has 0 aliphatic rings. The van der Waals surface area contributed by atoms with E-state index in [1.807, 2.05) is 0 Å². The van der Waals surface area contributed by atoms with Crippen molar-refractivity contribution in [3.8, 4) is 5.75 Å². The van der Waals surface area contributed by atoms with Crippen LogP contribution >= 0.6 is 23.2 Å². The van der Waals surface area contributed by atoms with Gasteiger partial charge in [-0.15, -0.1) is 0 Å². The topological polar surface area (TPSA) is 9.23 Å². The van der Waals surface area contributed by atoms with Gasteiger partial charge in [-0.2, -0.15) is 0 Å². The summed E-state index contributed by atoms with van der Waals surface area (Å²) >= 11 is 11.1. The number of hydrogen-bond acceptors (Lipinski definition) is 1. The Kier molecular flexibility index (Phi) is 7.23. The molecule has 8 heteroatoms. The van der Waals surface area contributed by atoms with Gasteiger partial charge in [0.25, 0.3) is 0 Å². The average molecular weight is 283 g/mol. The van der Waals surface area contributed by atoms with Gasteiger partial charge in [0, 0.05) is 10.0 Å². The van der Waals surface area contributed by atoms with Crippen molar-refractivity contribution in [3.05, 3.63) is 28.2 Å². The van der Waals surface area contributed by atoms with Crippen molar-refractivity contribution < 1.29 is 69.1 Å². The Bertz CT molecular complexity index is 314. The predicted molar refractivity (Wildman–Crippen MR) is 51.0 cm³/mol. The van der Waals surface area contributed by atoms with Gasteiger partial charge < -0.3 is 17.7 Å². The van der Waals surface area contributed by atoms with Crippen LogP contribution in [0.1, 0.15) is 0 Å². The quantitative estimate of drug-likeness (QED) is 0.744. The summed E-state index contributed by atoms with van der Waals surface area (Å²) in [7, 11) is 0. The van der Waals surface area contributed by atoms with Crippen LogP contribution in [0.2, 0.25) is 10.0 Å². The molecule has 0 amide bonds. The van der Waals surface area contributed by atoms with Gasteiger partial charge >= 0.3 is 58.4 Å². The molecule has 0 N–H and O–H groups in total. The first-order valence-corrected chi connectivity index (χ1v) is 4.42. The molecule has 0 spiro atoms. The van der Waals surface area contributed by atoms with Crippen molar-refractivity contribution in [3.63, 3.8) is 0 Å². The monoisotopic (exact) mass is 282 g/mol. The minimum Gasteiger partial charge on any atom is -0.522 e. The first-order chi connectivity index (χ1) is 6.37. The average Bonchev–Trinajstić information content (AvgIpc) is 1.97. The number of rotatable bonds is 3. The maximum absolute atomic E-state index is 11.8. The summed E-state index contributed by atoms with van der Waals surface area (Å²) in [6, 6.07) is 3.96. The second kappa shape index (κ2) is 6.74. The van der Waals surface area contributed by atoms with Gasteiger partial charge in [-0.3, -0.25) is 0 Å². The maximum atomic E-state index is 11.8. The second-order valence-electron chi connectivity index (χ2n) is 2.63. The molecule has 0 aromatic heterocycles. The van der Waals surface area contributed by atoms with Gasteiger partial charge in [0.1, 0.15) is 5.75 Å². The van der Waals surface area contributed by atoms with Gasteiger partial charge in [0.2, 0.25) is 0 Å². The fourth-order valence-electron chi connectivity index (χ4n) is 0.803. The molecule has 0 unspecified atom stereocenters. The summed E-state index contributed by atoms with van der Waals surface area (Å²) in [6.07, 6.45) is 0. The van der Waals surface area contributed by atoms with Crippen molar-refractivity contribution in [2.45, 2.75) is 0 Å². The fraction of sp³-hybridized carbons (Fsp3) is 0.143. The SMILES string of the molecule is F[B-](F)(F)COc1cc(Cl)cc(Cl)c1.[K+]. The molecule has 0 radical (unpaired) electrons. The molecule has 1 nitrogen and oxygen atoms in total.